The molecule has 0 saturated carbocycles. The number of hydrogen-bond donors (Lipinski definition) is 1. The molecular formula is C16H27N3. The van der Waals surface area contributed by atoms with Crippen LogP contribution < -0.4 is 5.32 Å². The van der Waals surface area contributed by atoms with Crippen molar-refractivity contribution in [3.63, 3.8) is 0 Å². The highest BCUT2D eigenvalue weighted by molar-refractivity contribution is 5.45. The van der Waals surface area contributed by atoms with Crippen LogP contribution in [0.3, 0.4) is 0 Å². The van der Waals surface area contributed by atoms with E-state index in [1.54, 1.807) is 0 Å². The fraction of sp³-hybridized carbons (Fsp3) is 0.625. The molecule has 1 aliphatic rings. The molecule has 1 aromatic rings. The lowest BCUT2D eigenvalue weighted by atomic mass is 10.0. The summed E-state index contributed by atoms with van der Waals surface area (Å²) in [5.41, 5.74) is 2.63. The van der Waals surface area contributed by atoms with E-state index in [4.69, 9.17) is 0 Å². The number of hydrogen-bond acceptors (Lipinski definition) is 3. The zero-order chi connectivity index (χ0) is 13.7. The quantitative estimate of drug-likeness (QED) is 0.879. The fourth-order valence-corrected chi connectivity index (χ4v) is 2.70. The van der Waals surface area contributed by atoms with Gasteiger partial charge in [-0.3, -0.25) is 0 Å². The molecule has 1 heterocycles. The Hall–Kier alpha value is -1.06. The molecule has 1 aromatic carbocycles. The third-order valence-corrected chi connectivity index (χ3v) is 3.86. The average molecular weight is 261 g/mol. The molecule has 0 radical (unpaired) electrons. The summed E-state index contributed by atoms with van der Waals surface area (Å²) in [6.07, 6.45) is 2.51. The largest absolute Gasteiger partial charge is 0.382 e. The highest BCUT2D eigenvalue weighted by Gasteiger charge is 2.17. The van der Waals surface area contributed by atoms with E-state index in [-0.39, 0.29) is 0 Å². The molecule has 3 heteroatoms. The van der Waals surface area contributed by atoms with Gasteiger partial charge in [-0.25, -0.2) is 0 Å². The first-order chi connectivity index (χ1) is 9.17. The number of likely N-dealkylation sites (tertiary alicyclic amines) is 1. The van der Waals surface area contributed by atoms with E-state index in [2.05, 4.69) is 60.4 Å². The maximum absolute atomic E-state index is 3.67. The van der Waals surface area contributed by atoms with Crippen molar-refractivity contribution in [2.24, 2.45) is 0 Å². The minimum absolute atomic E-state index is 0.641. The Labute approximate surface area is 117 Å². The van der Waals surface area contributed by atoms with Crippen LogP contribution in [0.1, 0.15) is 25.3 Å². The monoisotopic (exact) mass is 261 g/mol. The summed E-state index contributed by atoms with van der Waals surface area (Å²) in [7, 11) is 4.21. The van der Waals surface area contributed by atoms with Crippen LogP contribution in [0.4, 0.5) is 5.69 Å². The molecule has 1 saturated heterocycles. The lowest BCUT2D eigenvalue weighted by Gasteiger charge is -2.32. The third-order valence-electron chi connectivity index (χ3n) is 3.86. The Morgan fingerprint density at radius 3 is 2.32 bits per heavy atom. The summed E-state index contributed by atoms with van der Waals surface area (Å²) in [4.78, 5) is 4.72. The molecule has 3 nitrogen and oxygen atoms in total. The SMILES string of the molecule is CCN1CCC(Nc2ccc(CN(C)C)cc2)CC1. The maximum atomic E-state index is 3.67. The lowest BCUT2D eigenvalue weighted by Crippen LogP contribution is -2.38. The van der Waals surface area contributed by atoms with Gasteiger partial charge in [-0.2, -0.15) is 0 Å². The van der Waals surface area contributed by atoms with Gasteiger partial charge in [0.15, 0.2) is 0 Å². The summed E-state index contributed by atoms with van der Waals surface area (Å²) in [5, 5.41) is 3.67. The molecule has 2 rings (SSSR count). The van der Waals surface area contributed by atoms with Crippen LogP contribution in [0.2, 0.25) is 0 Å². The molecule has 0 unspecified atom stereocenters. The summed E-state index contributed by atoms with van der Waals surface area (Å²) in [5.74, 6) is 0. The van der Waals surface area contributed by atoms with Gasteiger partial charge in [0.2, 0.25) is 0 Å². The number of anilines is 1. The zero-order valence-corrected chi connectivity index (χ0v) is 12.5. The van der Waals surface area contributed by atoms with Gasteiger partial charge in [0.05, 0.1) is 0 Å². The molecule has 1 N–H and O–H groups in total. The van der Waals surface area contributed by atoms with Gasteiger partial charge in [-0.15, -0.1) is 0 Å². The van der Waals surface area contributed by atoms with E-state index in [1.807, 2.05) is 0 Å². The van der Waals surface area contributed by atoms with E-state index < -0.39 is 0 Å². The van der Waals surface area contributed by atoms with Gasteiger partial charge >= 0.3 is 0 Å². The van der Waals surface area contributed by atoms with Crippen LogP contribution in [-0.2, 0) is 6.54 Å². The van der Waals surface area contributed by atoms with Crippen LogP contribution >= 0.6 is 0 Å². The molecule has 0 atom stereocenters. The molecule has 0 aromatic heterocycles. The van der Waals surface area contributed by atoms with Crippen molar-refractivity contribution in [2.45, 2.75) is 32.4 Å². The van der Waals surface area contributed by atoms with Crippen molar-refractivity contribution in [1.82, 2.24) is 9.80 Å². The van der Waals surface area contributed by atoms with E-state index in [0.29, 0.717) is 6.04 Å². The summed E-state index contributed by atoms with van der Waals surface area (Å²) in [6, 6.07) is 9.52. The summed E-state index contributed by atoms with van der Waals surface area (Å²) in [6.45, 7) is 6.90. The second kappa shape index (κ2) is 6.92. The predicted molar refractivity (Wildman–Crippen MR) is 82.6 cm³/mol. The molecule has 0 amide bonds. The lowest BCUT2D eigenvalue weighted by molar-refractivity contribution is 0.229. The van der Waals surface area contributed by atoms with Crippen LogP contribution in [0.15, 0.2) is 24.3 Å². The average Bonchev–Trinajstić information content (AvgIpc) is 2.41. The fourth-order valence-electron chi connectivity index (χ4n) is 2.70. The molecule has 0 aliphatic carbocycles. The molecule has 106 valence electrons. The number of piperidine rings is 1. The number of rotatable bonds is 5. The van der Waals surface area contributed by atoms with Gasteiger partial charge in [0, 0.05) is 31.4 Å². The highest BCUT2D eigenvalue weighted by Crippen LogP contribution is 2.17. The normalized spacial score (nSPS) is 17.9. The van der Waals surface area contributed by atoms with E-state index in [9.17, 15) is 0 Å². The number of benzene rings is 1. The molecule has 1 fully saturated rings. The summed E-state index contributed by atoms with van der Waals surface area (Å²) < 4.78 is 0. The van der Waals surface area contributed by atoms with Gasteiger partial charge in [0.25, 0.3) is 0 Å². The first-order valence-corrected chi connectivity index (χ1v) is 7.40. The van der Waals surface area contributed by atoms with Crippen LogP contribution in [-0.4, -0.2) is 49.6 Å². The van der Waals surface area contributed by atoms with Crippen LogP contribution in [0.25, 0.3) is 0 Å². The molecule has 0 bridgehead atoms. The topological polar surface area (TPSA) is 18.5 Å². The van der Waals surface area contributed by atoms with Crippen molar-refractivity contribution >= 4 is 5.69 Å². The minimum atomic E-state index is 0.641. The first-order valence-electron chi connectivity index (χ1n) is 7.40. The van der Waals surface area contributed by atoms with Gasteiger partial charge in [-0.1, -0.05) is 19.1 Å². The summed E-state index contributed by atoms with van der Waals surface area (Å²) >= 11 is 0. The Balaban J connectivity index is 1.83. The number of nitrogens with one attached hydrogen (secondary N) is 1. The van der Waals surface area contributed by atoms with Crippen molar-refractivity contribution < 1.29 is 0 Å². The maximum Gasteiger partial charge on any atom is 0.0342 e. The molecule has 0 spiro atoms. The van der Waals surface area contributed by atoms with E-state index in [0.717, 1.165) is 6.54 Å². The van der Waals surface area contributed by atoms with Crippen LogP contribution in [0, 0.1) is 0 Å². The minimum Gasteiger partial charge on any atom is -0.382 e. The van der Waals surface area contributed by atoms with Crippen LogP contribution in [0.5, 0.6) is 0 Å². The third kappa shape index (κ3) is 4.51. The highest BCUT2D eigenvalue weighted by atomic mass is 15.1. The second-order valence-corrected chi connectivity index (χ2v) is 5.79. The predicted octanol–water partition coefficient (Wildman–Crippen LogP) is 2.64. The Kier molecular flexibility index (Phi) is 5.23. The van der Waals surface area contributed by atoms with Gasteiger partial charge in [0.1, 0.15) is 0 Å². The Bertz CT molecular complexity index is 364. The van der Waals surface area contributed by atoms with Crippen molar-refractivity contribution in [3.8, 4) is 0 Å². The first kappa shape index (κ1) is 14.4. The van der Waals surface area contributed by atoms with Crippen molar-refractivity contribution in [3.05, 3.63) is 29.8 Å². The number of nitrogens with zero attached hydrogens (tertiary/aromatic N) is 2. The van der Waals surface area contributed by atoms with Gasteiger partial charge < -0.3 is 15.1 Å². The Morgan fingerprint density at radius 2 is 1.79 bits per heavy atom. The van der Waals surface area contributed by atoms with E-state index >= 15 is 0 Å². The van der Waals surface area contributed by atoms with Crippen molar-refractivity contribution in [2.75, 3.05) is 39.0 Å². The molecule has 1 aliphatic heterocycles. The smallest absolute Gasteiger partial charge is 0.0342 e. The Morgan fingerprint density at radius 1 is 1.16 bits per heavy atom. The molecular weight excluding hydrogens is 234 g/mol. The van der Waals surface area contributed by atoms with Crippen molar-refractivity contribution in [1.29, 1.82) is 0 Å². The zero-order valence-electron chi connectivity index (χ0n) is 12.5. The standard InChI is InChI=1S/C16H27N3/c1-4-19-11-9-16(10-12-19)17-15-7-5-14(6-8-15)13-18(2)3/h5-8,16-17H,4,9-13H2,1-3H3. The van der Waals surface area contributed by atoms with Gasteiger partial charge in [-0.05, 0) is 51.2 Å². The molecule has 19 heavy (non-hydrogen) atoms. The second-order valence-electron chi connectivity index (χ2n) is 5.79. The van der Waals surface area contributed by atoms with E-state index in [1.165, 1.54) is 43.7 Å².